The van der Waals surface area contributed by atoms with Crippen molar-refractivity contribution in [2.75, 3.05) is 0 Å². The minimum absolute atomic E-state index is 0.101. The van der Waals surface area contributed by atoms with Crippen LogP contribution in [0.15, 0.2) is 12.2 Å². The highest BCUT2D eigenvalue weighted by Crippen LogP contribution is 2.09. The van der Waals surface area contributed by atoms with Crippen molar-refractivity contribution in [3.8, 4) is 0 Å². The van der Waals surface area contributed by atoms with Crippen molar-refractivity contribution in [3.05, 3.63) is 22.3 Å². The van der Waals surface area contributed by atoms with Gasteiger partial charge >= 0.3 is 12.0 Å². The maximum Gasteiger partial charge on any atom is 0.379 e. The molecule has 21 heavy (non-hydrogen) atoms. The number of nitrogens with zero attached hydrogens (tertiary/aromatic N) is 1. The van der Waals surface area contributed by atoms with Crippen LogP contribution in [0.5, 0.6) is 0 Å². The van der Waals surface area contributed by atoms with Gasteiger partial charge in [-0.05, 0) is 25.7 Å². The van der Waals surface area contributed by atoms with E-state index in [9.17, 15) is 14.9 Å². The Labute approximate surface area is 127 Å². The van der Waals surface area contributed by atoms with Gasteiger partial charge in [-0.3, -0.25) is 10.1 Å². The van der Waals surface area contributed by atoms with E-state index in [1.807, 2.05) is 6.08 Å². The number of aliphatic carboxylic acids is 1. The Morgan fingerprint density at radius 2 is 1.57 bits per heavy atom. The van der Waals surface area contributed by atoms with Crippen molar-refractivity contribution in [1.82, 2.24) is 0 Å². The van der Waals surface area contributed by atoms with Gasteiger partial charge in [0, 0.05) is 11.3 Å². The van der Waals surface area contributed by atoms with Crippen LogP contribution in [0.2, 0.25) is 0 Å². The number of nitro groups is 1. The molecule has 0 fully saturated rings. The summed E-state index contributed by atoms with van der Waals surface area (Å²) in [7, 11) is 0. The lowest BCUT2D eigenvalue weighted by Gasteiger charge is -2.02. The molecular formula is C16H29NO4. The maximum absolute atomic E-state index is 10.6. The van der Waals surface area contributed by atoms with E-state index in [0.29, 0.717) is 12.8 Å². The molecule has 0 aliphatic heterocycles. The third-order valence-corrected chi connectivity index (χ3v) is 3.53. The molecule has 1 unspecified atom stereocenters. The summed E-state index contributed by atoms with van der Waals surface area (Å²) in [6.07, 6.45) is 15.6. The highest BCUT2D eigenvalue weighted by Gasteiger charge is 2.27. The first-order chi connectivity index (χ1) is 10.1. The normalized spacial score (nSPS) is 12.6. The zero-order chi connectivity index (χ0) is 15.9. The van der Waals surface area contributed by atoms with Gasteiger partial charge in [-0.15, -0.1) is 0 Å². The number of carboxylic acids is 1. The quantitative estimate of drug-likeness (QED) is 0.220. The van der Waals surface area contributed by atoms with Crippen molar-refractivity contribution < 1.29 is 14.8 Å². The number of allylic oxidation sites excluding steroid dienone is 2. The molecule has 1 N–H and O–H groups in total. The van der Waals surface area contributed by atoms with E-state index in [1.165, 1.54) is 44.9 Å². The van der Waals surface area contributed by atoms with E-state index in [1.54, 1.807) is 0 Å². The second-order valence-corrected chi connectivity index (χ2v) is 5.45. The van der Waals surface area contributed by atoms with Crippen molar-refractivity contribution in [2.24, 2.45) is 0 Å². The Kier molecular flexibility index (Phi) is 12.7. The van der Waals surface area contributed by atoms with Crippen molar-refractivity contribution in [3.63, 3.8) is 0 Å². The van der Waals surface area contributed by atoms with Crippen LogP contribution >= 0.6 is 0 Å². The minimum atomic E-state index is -1.46. The molecule has 0 saturated heterocycles. The summed E-state index contributed by atoms with van der Waals surface area (Å²) >= 11 is 0. The van der Waals surface area contributed by atoms with Crippen LogP contribution in [0.4, 0.5) is 0 Å². The summed E-state index contributed by atoms with van der Waals surface area (Å²) in [4.78, 5) is 20.4. The van der Waals surface area contributed by atoms with E-state index < -0.39 is 16.9 Å². The third-order valence-electron chi connectivity index (χ3n) is 3.53. The zero-order valence-electron chi connectivity index (χ0n) is 13.1. The van der Waals surface area contributed by atoms with Gasteiger partial charge in [0.2, 0.25) is 0 Å². The molecule has 0 radical (unpaired) electrons. The number of hydrogen-bond donors (Lipinski definition) is 1. The molecule has 0 aromatic carbocycles. The molecule has 0 spiro atoms. The summed E-state index contributed by atoms with van der Waals surface area (Å²) in [6, 6.07) is -1.46. The topological polar surface area (TPSA) is 80.4 Å². The van der Waals surface area contributed by atoms with Crippen LogP contribution < -0.4 is 0 Å². The number of carbonyl (C=O) groups is 1. The van der Waals surface area contributed by atoms with Crippen LogP contribution in [0.25, 0.3) is 0 Å². The second kappa shape index (κ2) is 13.6. The Morgan fingerprint density at radius 1 is 1.05 bits per heavy atom. The summed E-state index contributed by atoms with van der Waals surface area (Å²) in [5.41, 5.74) is 0. The lowest BCUT2D eigenvalue weighted by Crippen LogP contribution is -2.28. The molecule has 0 amide bonds. The van der Waals surface area contributed by atoms with Gasteiger partial charge in [-0.25, -0.2) is 4.79 Å². The molecule has 0 aromatic heterocycles. The van der Waals surface area contributed by atoms with Gasteiger partial charge in [0.15, 0.2) is 0 Å². The summed E-state index contributed by atoms with van der Waals surface area (Å²) < 4.78 is 0. The van der Waals surface area contributed by atoms with Crippen LogP contribution in [0.1, 0.15) is 77.6 Å². The monoisotopic (exact) mass is 299 g/mol. The van der Waals surface area contributed by atoms with E-state index in [0.717, 1.165) is 6.42 Å². The third kappa shape index (κ3) is 12.1. The molecule has 0 rings (SSSR count). The SMILES string of the molecule is CCCCCCCCC/C=C\CCCC(C(=O)O)[N+](=O)[O-]. The van der Waals surface area contributed by atoms with Crippen molar-refractivity contribution in [1.29, 1.82) is 0 Å². The van der Waals surface area contributed by atoms with Gasteiger partial charge in [-0.1, -0.05) is 57.6 Å². The van der Waals surface area contributed by atoms with Crippen molar-refractivity contribution >= 4 is 5.97 Å². The highest BCUT2D eigenvalue weighted by molar-refractivity contribution is 5.71. The average Bonchev–Trinajstić information content (AvgIpc) is 2.43. The summed E-state index contributed by atoms with van der Waals surface area (Å²) in [5.74, 6) is -1.34. The molecule has 5 heteroatoms. The van der Waals surface area contributed by atoms with Crippen molar-refractivity contribution in [2.45, 2.75) is 83.6 Å². The molecule has 0 heterocycles. The Hall–Kier alpha value is -1.39. The van der Waals surface area contributed by atoms with Gasteiger partial charge < -0.3 is 5.11 Å². The standard InChI is InChI=1S/C16H29NO4/c1-2-3-4-5-6-7-8-9-10-11-12-13-14-15(16(18)19)17(20)21/h10-11,15H,2-9,12-14H2,1H3,(H,18,19)/b11-10-. The maximum atomic E-state index is 10.6. The Balaban J connectivity index is 3.44. The molecule has 1 atom stereocenters. The predicted octanol–water partition coefficient (Wildman–Crippen LogP) is 4.58. The molecule has 0 bridgehead atoms. The summed E-state index contributed by atoms with van der Waals surface area (Å²) in [6.45, 7) is 2.22. The van der Waals surface area contributed by atoms with E-state index >= 15 is 0 Å². The molecular weight excluding hydrogens is 270 g/mol. The second-order valence-electron chi connectivity index (χ2n) is 5.45. The fourth-order valence-electron chi connectivity index (χ4n) is 2.20. The predicted molar refractivity (Wildman–Crippen MR) is 84.0 cm³/mol. The molecule has 0 aromatic rings. The molecule has 5 nitrogen and oxygen atoms in total. The Bertz CT molecular complexity index is 301. The first-order valence-electron chi connectivity index (χ1n) is 8.10. The largest absolute Gasteiger partial charge is 0.476 e. The minimum Gasteiger partial charge on any atom is -0.476 e. The van der Waals surface area contributed by atoms with Gasteiger partial charge in [0.25, 0.3) is 0 Å². The zero-order valence-corrected chi connectivity index (χ0v) is 13.1. The van der Waals surface area contributed by atoms with E-state index in [4.69, 9.17) is 5.11 Å². The first-order valence-corrected chi connectivity index (χ1v) is 8.10. The Morgan fingerprint density at radius 3 is 2.10 bits per heavy atom. The highest BCUT2D eigenvalue weighted by atomic mass is 16.6. The van der Waals surface area contributed by atoms with Gasteiger partial charge in [-0.2, -0.15) is 0 Å². The lowest BCUT2D eigenvalue weighted by molar-refractivity contribution is -0.511. The van der Waals surface area contributed by atoms with Crippen LogP contribution in [-0.2, 0) is 4.79 Å². The number of unbranched alkanes of at least 4 members (excludes halogenated alkanes) is 8. The van der Waals surface area contributed by atoms with Gasteiger partial charge in [0.05, 0.1) is 0 Å². The average molecular weight is 299 g/mol. The van der Waals surface area contributed by atoms with E-state index in [-0.39, 0.29) is 6.42 Å². The smallest absolute Gasteiger partial charge is 0.379 e. The van der Waals surface area contributed by atoms with E-state index in [2.05, 4.69) is 13.0 Å². The fraction of sp³-hybridized carbons (Fsp3) is 0.812. The lowest BCUT2D eigenvalue weighted by atomic mass is 10.1. The fourth-order valence-corrected chi connectivity index (χ4v) is 2.20. The summed E-state index contributed by atoms with van der Waals surface area (Å²) in [5, 5.41) is 19.1. The number of rotatable bonds is 14. The molecule has 0 saturated carbocycles. The molecule has 0 aliphatic carbocycles. The number of carboxylic acid groups (broad SMARTS) is 1. The van der Waals surface area contributed by atoms with Crippen LogP contribution in [0.3, 0.4) is 0 Å². The van der Waals surface area contributed by atoms with Gasteiger partial charge in [0.1, 0.15) is 0 Å². The van der Waals surface area contributed by atoms with Crippen LogP contribution in [0, 0.1) is 10.1 Å². The van der Waals surface area contributed by atoms with Crippen LogP contribution in [-0.4, -0.2) is 22.0 Å². The molecule has 0 aliphatic rings. The first kappa shape index (κ1) is 19.6. The molecule has 122 valence electrons. The number of hydrogen-bond acceptors (Lipinski definition) is 3.